The smallest absolute Gasteiger partial charge is 0.387 e. The van der Waals surface area contributed by atoms with E-state index in [-0.39, 0.29) is 25.6 Å². The number of ether oxygens (including phenoxy) is 3. The summed E-state index contributed by atoms with van der Waals surface area (Å²) in [6, 6.07) is 12.9. The van der Waals surface area contributed by atoms with Crippen molar-refractivity contribution in [3.05, 3.63) is 60.0 Å². The first-order chi connectivity index (χ1) is 26.1. The standard InChI is InChI=1S/C40H63N4O9P/c1-3-4-5-6-7-8-9-10-11-12-13-14-15-16-17-21-26-49-28-32(50-27-31-22-19-18-20-23-31)29-51-54(47,48)53-38-39(2)40(38,46)36(45)35(52-39)33-24-25-34-37(41)42-30-43-44(33)34/h18-20,22-25,30,32,35-36,38,45-46H,3-17,21,26-29H2,1-2H3,(H,47,48)(H2,41,42,43)/t32-,35+,36+,38?,39-,40-/m1/s1. The molecule has 1 saturated carbocycles. The van der Waals surface area contributed by atoms with Gasteiger partial charge in [0, 0.05) is 6.61 Å². The third-order valence-electron chi connectivity index (χ3n) is 11.0. The second-order valence-electron chi connectivity index (χ2n) is 15.2. The number of anilines is 1. The normalized spacial score (nSPS) is 25.2. The minimum Gasteiger partial charge on any atom is -0.387 e. The summed E-state index contributed by atoms with van der Waals surface area (Å²) < 4.78 is 43.5. The summed E-state index contributed by atoms with van der Waals surface area (Å²) in [4.78, 5) is 14.7. The number of phosphoric acid groups is 1. The average Bonchev–Trinajstić information content (AvgIpc) is 3.42. The number of phosphoric ester groups is 1. The zero-order valence-electron chi connectivity index (χ0n) is 32.2. The molecule has 5 N–H and O–H groups in total. The molecule has 2 fully saturated rings. The highest BCUT2D eigenvalue weighted by Crippen LogP contribution is 2.68. The van der Waals surface area contributed by atoms with Crippen LogP contribution in [0.4, 0.5) is 5.82 Å². The Labute approximate surface area is 320 Å². The van der Waals surface area contributed by atoms with Gasteiger partial charge >= 0.3 is 7.82 Å². The lowest BCUT2D eigenvalue weighted by Gasteiger charge is -2.24. The molecule has 13 nitrogen and oxygen atoms in total. The van der Waals surface area contributed by atoms with Crippen molar-refractivity contribution in [2.45, 2.75) is 159 Å². The van der Waals surface area contributed by atoms with Crippen molar-refractivity contribution >= 4 is 19.2 Å². The summed E-state index contributed by atoms with van der Waals surface area (Å²) >= 11 is 0. The summed E-state index contributed by atoms with van der Waals surface area (Å²) in [5, 5.41) is 26.8. The van der Waals surface area contributed by atoms with Crippen LogP contribution in [0.5, 0.6) is 0 Å². The van der Waals surface area contributed by atoms with E-state index in [2.05, 4.69) is 17.0 Å². The van der Waals surface area contributed by atoms with E-state index in [1.54, 1.807) is 12.1 Å². The fourth-order valence-corrected chi connectivity index (χ4v) is 8.60. The minimum atomic E-state index is -4.73. The van der Waals surface area contributed by atoms with Crippen LogP contribution >= 0.6 is 7.82 Å². The topological polar surface area (TPSA) is 180 Å². The van der Waals surface area contributed by atoms with Crippen LogP contribution in [0, 0.1) is 0 Å². The Balaban J connectivity index is 0.992. The fraction of sp³-hybridized carbons (Fsp3) is 0.700. The van der Waals surface area contributed by atoms with Crippen molar-refractivity contribution in [2.75, 3.05) is 25.6 Å². The van der Waals surface area contributed by atoms with Crippen LogP contribution < -0.4 is 5.73 Å². The van der Waals surface area contributed by atoms with E-state index in [4.69, 9.17) is 29.0 Å². The quantitative estimate of drug-likeness (QED) is 0.0420. The van der Waals surface area contributed by atoms with E-state index < -0.39 is 43.4 Å². The predicted molar refractivity (Wildman–Crippen MR) is 207 cm³/mol. The summed E-state index contributed by atoms with van der Waals surface area (Å²) in [5.74, 6) is 0.245. The molecular weight excluding hydrogens is 711 g/mol. The molecule has 7 atom stereocenters. The molecule has 0 amide bonds. The van der Waals surface area contributed by atoms with Gasteiger partial charge in [0.05, 0.1) is 25.5 Å². The highest BCUT2D eigenvalue weighted by molar-refractivity contribution is 7.47. The number of rotatable bonds is 28. The monoisotopic (exact) mass is 774 g/mol. The molecule has 1 aliphatic heterocycles. The van der Waals surface area contributed by atoms with Gasteiger partial charge in [-0.2, -0.15) is 5.10 Å². The van der Waals surface area contributed by atoms with Crippen LogP contribution in [0.2, 0.25) is 0 Å². The van der Waals surface area contributed by atoms with Gasteiger partial charge < -0.3 is 35.1 Å². The minimum absolute atomic E-state index is 0.166. The lowest BCUT2D eigenvalue weighted by atomic mass is 10.0. The summed E-state index contributed by atoms with van der Waals surface area (Å²) in [6.07, 6.45) is 17.6. The van der Waals surface area contributed by atoms with Gasteiger partial charge in [0.2, 0.25) is 0 Å². The highest BCUT2D eigenvalue weighted by atomic mass is 31.2. The van der Waals surface area contributed by atoms with Crippen LogP contribution in [-0.4, -0.2) is 79.0 Å². The number of hydrogen-bond donors (Lipinski definition) is 4. The number of aromatic nitrogens is 3. The Morgan fingerprint density at radius 1 is 0.907 bits per heavy atom. The Morgan fingerprint density at radius 3 is 2.11 bits per heavy atom. The first-order valence-electron chi connectivity index (χ1n) is 20.2. The second-order valence-corrected chi connectivity index (χ2v) is 16.6. The Morgan fingerprint density at radius 2 is 1.52 bits per heavy atom. The maximum Gasteiger partial charge on any atom is 0.472 e. The van der Waals surface area contributed by atoms with Crippen LogP contribution in [0.15, 0.2) is 48.8 Å². The molecule has 0 radical (unpaired) electrons. The zero-order chi connectivity index (χ0) is 38.4. The third-order valence-corrected chi connectivity index (χ3v) is 11.9. The number of nitrogens with two attached hydrogens (primary N) is 1. The third kappa shape index (κ3) is 11.1. The number of hydrogen-bond acceptors (Lipinski definition) is 11. The lowest BCUT2D eigenvalue weighted by Crippen LogP contribution is -2.35. The number of nitrogens with zero attached hydrogens (tertiary/aromatic N) is 3. The molecule has 3 heterocycles. The Hall–Kier alpha value is -2.45. The first kappa shape index (κ1) is 42.7. The molecule has 5 rings (SSSR count). The number of nitrogen functional groups attached to an aromatic ring is 1. The first-order valence-corrected chi connectivity index (χ1v) is 21.7. The average molecular weight is 775 g/mol. The van der Waals surface area contributed by atoms with Crippen molar-refractivity contribution < 1.29 is 42.9 Å². The highest BCUT2D eigenvalue weighted by Gasteiger charge is 2.87. The number of aliphatic hydroxyl groups excluding tert-OH is 1. The molecule has 1 aromatic carbocycles. The van der Waals surface area contributed by atoms with Crippen LogP contribution in [-0.2, 0) is 34.4 Å². The lowest BCUT2D eigenvalue weighted by molar-refractivity contribution is -0.0837. The molecule has 2 aromatic heterocycles. The summed E-state index contributed by atoms with van der Waals surface area (Å²) in [6.45, 7) is 4.47. The van der Waals surface area contributed by atoms with Gasteiger partial charge in [-0.25, -0.2) is 14.1 Å². The van der Waals surface area contributed by atoms with Gasteiger partial charge in [0.25, 0.3) is 0 Å². The van der Waals surface area contributed by atoms with Crippen molar-refractivity contribution in [1.29, 1.82) is 0 Å². The van der Waals surface area contributed by atoms with E-state index >= 15 is 0 Å². The van der Waals surface area contributed by atoms with Gasteiger partial charge in [0.1, 0.15) is 41.9 Å². The molecule has 2 unspecified atom stereocenters. The Bertz CT molecular complexity index is 1600. The van der Waals surface area contributed by atoms with Gasteiger partial charge in [-0.05, 0) is 31.0 Å². The van der Waals surface area contributed by atoms with E-state index in [9.17, 15) is 19.7 Å². The predicted octanol–water partition coefficient (Wildman–Crippen LogP) is 7.61. The van der Waals surface area contributed by atoms with Crippen LogP contribution in [0.3, 0.4) is 0 Å². The number of benzene rings is 1. The SMILES string of the molecule is CCCCCCCCCCCCCCCCCCOC[C@H](COP(=O)(O)OC1[C@@]2(C)O[C@@H](c3ccc4c(N)ncnn34)[C@H](O)[C@@]12O)OCc1ccccc1. The Kier molecular flexibility index (Phi) is 16.3. The molecule has 3 aromatic rings. The molecular formula is C40H63N4O9P. The van der Waals surface area contributed by atoms with Crippen molar-refractivity contribution in [1.82, 2.24) is 14.6 Å². The largest absolute Gasteiger partial charge is 0.472 e. The molecule has 0 bridgehead atoms. The molecule has 1 saturated heterocycles. The molecule has 1 aliphatic carbocycles. The van der Waals surface area contributed by atoms with Crippen molar-refractivity contribution in [2.24, 2.45) is 0 Å². The number of fused-ring (bicyclic) bond motifs is 2. The van der Waals surface area contributed by atoms with Gasteiger partial charge in [-0.15, -0.1) is 0 Å². The van der Waals surface area contributed by atoms with E-state index in [0.29, 0.717) is 17.8 Å². The maximum atomic E-state index is 13.2. The molecule has 0 spiro atoms. The molecule has 302 valence electrons. The van der Waals surface area contributed by atoms with E-state index in [1.807, 2.05) is 30.3 Å². The number of unbranched alkanes of at least 4 members (excludes halogenated alkanes) is 15. The molecule has 2 aliphatic rings. The van der Waals surface area contributed by atoms with E-state index in [0.717, 1.165) is 18.4 Å². The van der Waals surface area contributed by atoms with Gasteiger partial charge in [-0.3, -0.25) is 9.05 Å². The zero-order valence-corrected chi connectivity index (χ0v) is 33.1. The number of aliphatic hydroxyl groups is 2. The van der Waals surface area contributed by atoms with Gasteiger partial charge in [-0.1, -0.05) is 134 Å². The molecule has 14 heteroatoms. The van der Waals surface area contributed by atoms with Crippen molar-refractivity contribution in [3.8, 4) is 0 Å². The van der Waals surface area contributed by atoms with E-state index in [1.165, 1.54) is 108 Å². The molecule has 54 heavy (non-hydrogen) atoms. The van der Waals surface area contributed by atoms with Crippen LogP contribution in [0.25, 0.3) is 5.52 Å². The summed E-state index contributed by atoms with van der Waals surface area (Å²) in [7, 11) is -4.73. The maximum absolute atomic E-state index is 13.2. The fourth-order valence-electron chi connectivity index (χ4n) is 7.56. The van der Waals surface area contributed by atoms with Crippen LogP contribution in [0.1, 0.15) is 134 Å². The second kappa shape index (κ2) is 20.6. The summed E-state index contributed by atoms with van der Waals surface area (Å²) in [5.41, 5.74) is 4.37. The van der Waals surface area contributed by atoms with Gasteiger partial charge in [0.15, 0.2) is 11.4 Å². The van der Waals surface area contributed by atoms with Crippen molar-refractivity contribution in [3.63, 3.8) is 0 Å².